The van der Waals surface area contributed by atoms with Crippen LogP contribution in [0.15, 0.2) is 27.0 Å². The van der Waals surface area contributed by atoms with E-state index >= 15 is 0 Å². The Morgan fingerprint density at radius 1 is 1.57 bits per heavy atom. The van der Waals surface area contributed by atoms with Gasteiger partial charge in [0.2, 0.25) is 5.72 Å². The highest BCUT2D eigenvalue weighted by molar-refractivity contribution is 5.70. The number of aromatic nitrogens is 2. The van der Waals surface area contributed by atoms with Crippen LogP contribution in [0, 0.1) is 11.8 Å². The summed E-state index contributed by atoms with van der Waals surface area (Å²) in [5.41, 5.74) is 11.5. The average molecular weight is 396 g/mol. The molecule has 154 valence electrons. The van der Waals surface area contributed by atoms with E-state index in [1.807, 2.05) is 13.8 Å². The molecule has 0 spiro atoms. The summed E-state index contributed by atoms with van der Waals surface area (Å²) in [6, 6.07) is 0.679. The number of nitrogens with zero attached hydrogens (tertiary/aromatic N) is 4. The lowest BCUT2D eigenvalue weighted by atomic mass is 9.97. The number of carbonyl (C=O) groups excluding carboxylic acids is 1. The second-order valence-corrected chi connectivity index (χ2v) is 7.10. The van der Waals surface area contributed by atoms with Crippen molar-refractivity contribution in [2.45, 2.75) is 51.3 Å². The maximum absolute atomic E-state index is 12.3. The Kier molecular flexibility index (Phi) is 6.62. The number of aliphatic hydroxyl groups excluding tert-OH is 1. The molecule has 0 bridgehead atoms. The van der Waals surface area contributed by atoms with Gasteiger partial charge in [-0.3, -0.25) is 19.1 Å². The highest BCUT2D eigenvalue weighted by Crippen LogP contribution is 2.43. The number of rotatable bonds is 7. The minimum Gasteiger partial charge on any atom is -0.459 e. The first kappa shape index (κ1) is 21.6. The number of H-pyrrole nitrogens is 1. The van der Waals surface area contributed by atoms with Gasteiger partial charge >= 0.3 is 11.7 Å². The van der Waals surface area contributed by atoms with Crippen molar-refractivity contribution >= 4 is 5.97 Å². The van der Waals surface area contributed by atoms with Gasteiger partial charge in [0.25, 0.3) is 5.56 Å². The maximum Gasteiger partial charge on any atom is 0.330 e. The summed E-state index contributed by atoms with van der Waals surface area (Å²) in [5, 5.41) is 13.4. The van der Waals surface area contributed by atoms with Crippen LogP contribution in [0.1, 0.15) is 33.4 Å². The van der Waals surface area contributed by atoms with Crippen LogP contribution in [0.25, 0.3) is 10.4 Å². The summed E-state index contributed by atoms with van der Waals surface area (Å²) in [6.45, 7) is 4.53. The predicted octanol–water partition coefficient (Wildman–Crippen LogP) is -0.0144. The van der Waals surface area contributed by atoms with E-state index in [2.05, 4.69) is 15.0 Å². The Morgan fingerprint density at radius 2 is 2.25 bits per heavy atom. The highest BCUT2D eigenvalue weighted by atomic mass is 16.6. The van der Waals surface area contributed by atoms with Gasteiger partial charge in [-0.05, 0) is 11.4 Å². The van der Waals surface area contributed by atoms with E-state index in [0.29, 0.717) is 0 Å². The molecular weight excluding hydrogens is 372 g/mol. The Balaban J connectivity index is 2.37. The standard InChI is InChI=1S/C16H24N6O6/c1-8(2)10(17)6-12(25)27-13-9(3)14(28-16(13,7-23)20-21-18)22-5-4-11(24)19-15(22)26/h4-5,8-10,13-14,23H,6-7,17H2,1-3H3,(H,19,24,26)/t9-,10+,13-,14+,16+/m0/s1. The summed E-state index contributed by atoms with van der Waals surface area (Å²) in [6.07, 6.45) is -1.11. The first-order valence-corrected chi connectivity index (χ1v) is 8.76. The molecule has 28 heavy (non-hydrogen) atoms. The van der Waals surface area contributed by atoms with Crippen LogP contribution < -0.4 is 17.0 Å². The summed E-state index contributed by atoms with van der Waals surface area (Å²) in [4.78, 5) is 40.5. The monoisotopic (exact) mass is 396 g/mol. The van der Waals surface area contributed by atoms with Crippen molar-refractivity contribution in [1.29, 1.82) is 0 Å². The van der Waals surface area contributed by atoms with Gasteiger partial charge in [-0.25, -0.2) is 4.79 Å². The number of aliphatic hydroxyl groups is 1. The minimum absolute atomic E-state index is 0.0389. The van der Waals surface area contributed by atoms with Gasteiger partial charge in [0.1, 0.15) is 12.3 Å². The zero-order valence-corrected chi connectivity index (χ0v) is 15.8. The molecule has 4 N–H and O–H groups in total. The second kappa shape index (κ2) is 8.57. The zero-order chi connectivity index (χ0) is 21.1. The van der Waals surface area contributed by atoms with Gasteiger partial charge in [-0.15, -0.1) is 0 Å². The zero-order valence-electron chi connectivity index (χ0n) is 15.8. The minimum atomic E-state index is -1.92. The average Bonchev–Trinajstić information content (AvgIpc) is 2.88. The van der Waals surface area contributed by atoms with Gasteiger partial charge < -0.3 is 20.3 Å². The lowest BCUT2D eigenvalue weighted by Crippen LogP contribution is -2.46. The first-order chi connectivity index (χ1) is 13.1. The van der Waals surface area contributed by atoms with Crippen LogP contribution in [0.5, 0.6) is 0 Å². The molecule has 12 nitrogen and oxygen atoms in total. The third-order valence-corrected chi connectivity index (χ3v) is 4.78. The van der Waals surface area contributed by atoms with Gasteiger partial charge in [-0.1, -0.05) is 25.9 Å². The van der Waals surface area contributed by atoms with Crippen LogP contribution in [0.3, 0.4) is 0 Å². The van der Waals surface area contributed by atoms with Gasteiger partial charge in [0.15, 0.2) is 0 Å². The lowest BCUT2D eigenvalue weighted by Gasteiger charge is -2.28. The summed E-state index contributed by atoms with van der Waals surface area (Å²) in [5.74, 6) is -1.31. The van der Waals surface area contributed by atoms with Crippen LogP contribution in [-0.2, 0) is 14.3 Å². The normalized spacial score (nSPS) is 28.0. The molecule has 12 heteroatoms. The van der Waals surface area contributed by atoms with Crippen molar-refractivity contribution in [3.63, 3.8) is 0 Å². The Hall–Kier alpha value is -2.66. The molecule has 0 saturated carbocycles. The molecule has 2 rings (SSSR count). The van der Waals surface area contributed by atoms with Crippen LogP contribution in [-0.4, -0.2) is 45.1 Å². The molecule has 0 aliphatic carbocycles. The Bertz CT molecular complexity index is 875. The second-order valence-electron chi connectivity index (χ2n) is 7.10. The van der Waals surface area contributed by atoms with E-state index in [9.17, 15) is 19.5 Å². The SMILES string of the molecule is CC(C)[C@H](N)CC(=O)O[C@H]1[C@H](C)[C@H](n2ccc(=O)[nH]c2=O)O[C@@]1(CO)N=[N+]=[N-]. The Morgan fingerprint density at radius 3 is 2.79 bits per heavy atom. The number of carbonyl (C=O) groups is 1. The van der Waals surface area contributed by atoms with Gasteiger partial charge in [0, 0.05) is 29.1 Å². The number of ether oxygens (including phenoxy) is 2. The lowest BCUT2D eigenvalue weighted by molar-refractivity contribution is -0.168. The van der Waals surface area contributed by atoms with Crippen molar-refractivity contribution < 1.29 is 19.4 Å². The van der Waals surface area contributed by atoms with E-state index in [1.165, 1.54) is 6.20 Å². The van der Waals surface area contributed by atoms with Gasteiger partial charge in [-0.2, -0.15) is 0 Å². The number of esters is 1. The third kappa shape index (κ3) is 4.25. The molecule has 1 aromatic heterocycles. The molecule has 0 radical (unpaired) electrons. The van der Waals surface area contributed by atoms with E-state index in [4.69, 9.17) is 20.7 Å². The van der Waals surface area contributed by atoms with E-state index in [0.717, 1.165) is 10.6 Å². The number of hydrogen-bond donors (Lipinski definition) is 3. The number of nitrogens with one attached hydrogen (secondary N) is 1. The molecule has 2 heterocycles. The number of azide groups is 1. The van der Waals surface area contributed by atoms with E-state index in [-0.39, 0.29) is 12.3 Å². The summed E-state index contributed by atoms with van der Waals surface area (Å²) >= 11 is 0. The van der Waals surface area contributed by atoms with Crippen molar-refractivity contribution in [2.24, 2.45) is 22.7 Å². The van der Waals surface area contributed by atoms with E-state index < -0.39 is 53.8 Å². The molecule has 1 saturated heterocycles. The van der Waals surface area contributed by atoms with Crippen LogP contribution in [0.2, 0.25) is 0 Å². The molecule has 1 aliphatic heterocycles. The van der Waals surface area contributed by atoms with Gasteiger partial charge in [0.05, 0.1) is 13.0 Å². The molecule has 1 aromatic rings. The van der Waals surface area contributed by atoms with Crippen molar-refractivity contribution in [3.8, 4) is 0 Å². The Labute approximate surface area is 159 Å². The first-order valence-electron chi connectivity index (χ1n) is 8.76. The molecule has 0 aromatic carbocycles. The topological polar surface area (TPSA) is 185 Å². The fourth-order valence-electron chi connectivity index (χ4n) is 3.01. The molecular formula is C16H24N6O6. The van der Waals surface area contributed by atoms with Crippen LogP contribution in [0.4, 0.5) is 0 Å². The molecule has 1 aliphatic rings. The molecule has 0 unspecified atom stereocenters. The number of aromatic amines is 1. The van der Waals surface area contributed by atoms with Crippen molar-refractivity contribution in [2.75, 3.05) is 6.61 Å². The molecule has 1 fully saturated rings. The molecule has 0 amide bonds. The smallest absolute Gasteiger partial charge is 0.330 e. The van der Waals surface area contributed by atoms with Crippen LogP contribution >= 0.6 is 0 Å². The number of nitrogens with two attached hydrogens (primary N) is 1. The predicted molar refractivity (Wildman–Crippen MR) is 96.9 cm³/mol. The number of hydrogen-bond acceptors (Lipinski definition) is 8. The molecule has 5 atom stereocenters. The quantitative estimate of drug-likeness (QED) is 0.250. The largest absolute Gasteiger partial charge is 0.459 e. The highest BCUT2D eigenvalue weighted by Gasteiger charge is 2.56. The van der Waals surface area contributed by atoms with E-state index in [1.54, 1.807) is 6.92 Å². The fourth-order valence-corrected chi connectivity index (χ4v) is 3.01. The maximum atomic E-state index is 12.3. The fraction of sp³-hybridized carbons (Fsp3) is 0.688. The van der Waals surface area contributed by atoms with Crippen molar-refractivity contribution in [3.05, 3.63) is 43.5 Å². The van der Waals surface area contributed by atoms with Crippen molar-refractivity contribution in [1.82, 2.24) is 9.55 Å². The third-order valence-electron chi connectivity index (χ3n) is 4.78. The summed E-state index contributed by atoms with van der Waals surface area (Å²) in [7, 11) is 0. The summed E-state index contributed by atoms with van der Waals surface area (Å²) < 4.78 is 12.2.